The van der Waals surface area contributed by atoms with Crippen LogP contribution >= 0.6 is 0 Å². The number of benzene rings is 1. The molecule has 1 aromatic rings. The van der Waals surface area contributed by atoms with Gasteiger partial charge in [0.25, 0.3) is 5.91 Å². The molecule has 3 heteroatoms. The van der Waals surface area contributed by atoms with Gasteiger partial charge in [-0.05, 0) is 62.4 Å². The van der Waals surface area contributed by atoms with Crippen LogP contribution in [-0.4, -0.2) is 36.5 Å². The van der Waals surface area contributed by atoms with Crippen LogP contribution < -0.4 is 5.32 Å². The fraction of sp³-hybridized carbons (Fsp3) is 0.611. The van der Waals surface area contributed by atoms with E-state index in [1.165, 1.54) is 44.3 Å². The molecule has 3 heterocycles. The lowest BCUT2D eigenvalue weighted by atomic mass is 9.84. The van der Waals surface area contributed by atoms with Gasteiger partial charge in [0.05, 0.1) is 0 Å². The predicted octanol–water partition coefficient (Wildman–Crippen LogP) is 2.85. The van der Waals surface area contributed by atoms with Crippen LogP contribution in [0.4, 0.5) is 0 Å². The molecule has 0 aliphatic carbocycles. The Bertz CT molecular complexity index is 474. The third-order valence-electron chi connectivity index (χ3n) is 5.01. The minimum absolute atomic E-state index is 0.0933. The molecule has 3 aliphatic rings. The van der Waals surface area contributed by atoms with E-state index < -0.39 is 0 Å². The minimum Gasteiger partial charge on any atom is -0.348 e. The highest BCUT2D eigenvalue weighted by Crippen LogP contribution is 2.27. The summed E-state index contributed by atoms with van der Waals surface area (Å²) in [4.78, 5) is 14.9. The third kappa shape index (κ3) is 3.46. The van der Waals surface area contributed by atoms with Crippen LogP contribution in [0.3, 0.4) is 0 Å². The molecule has 1 amide bonds. The Hall–Kier alpha value is -1.35. The van der Waals surface area contributed by atoms with E-state index in [-0.39, 0.29) is 5.91 Å². The highest BCUT2D eigenvalue weighted by atomic mass is 16.1. The van der Waals surface area contributed by atoms with Crippen molar-refractivity contribution < 1.29 is 4.79 Å². The molecule has 3 saturated heterocycles. The van der Waals surface area contributed by atoms with Crippen molar-refractivity contribution in [2.24, 2.45) is 5.92 Å². The number of nitrogens with one attached hydrogen (secondary N) is 1. The Morgan fingerprint density at radius 1 is 1.24 bits per heavy atom. The molecule has 1 aromatic carbocycles. The molecule has 2 bridgehead atoms. The van der Waals surface area contributed by atoms with Crippen molar-refractivity contribution in [1.82, 2.24) is 10.2 Å². The first-order chi connectivity index (χ1) is 10.3. The van der Waals surface area contributed by atoms with E-state index in [0.717, 1.165) is 18.5 Å². The molecule has 0 spiro atoms. The van der Waals surface area contributed by atoms with Crippen LogP contribution in [0.2, 0.25) is 0 Å². The molecule has 0 unspecified atom stereocenters. The highest BCUT2D eigenvalue weighted by Gasteiger charge is 2.34. The van der Waals surface area contributed by atoms with E-state index >= 15 is 0 Å². The Labute approximate surface area is 127 Å². The summed E-state index contributed by atoms with van der Waals surface area (Å²) in [5, 5.41) is 3.25. The molecular weight excluding hydrogens is 260 g/mol. The number of piperidine rings is 3. The van der Waals surface area contributed by atoms with Crippen LogP contribution in [0.25, 0.3) is 0 Å². The van der Waals surface area contributed by atoms with Crippen LogP contribution in [0.5, 0.6) is 0 Å². The number of nitrogens with zero attached hydrogens (tertiary/aromatic N) is 1. The maximum atomic E-state index is 12.4. The Balaban J connectivity index is 1.57. The van der Waals surface area contributed by atoms with Gasteiger partial charge >= 0.3 is 0 Å². The molecule has 3 aliphatic heterocycles. The second-order valence-corrected chi connectivity index (χ2v) is 6.52. The fourth-order valence-electron chi connectivity index (χ4n) is 3.58. The summed E-state index contributed by atoms with van der Waals surface area (Å²) in [6, 6.07) is 8.49. The number of rotatable bonds is 5. The lowest BCUT2D eigenvalue weighted by molar-refractivity contribution is 0.0620. The largest absolute Gasteiger partial charge is 0.348 e. The molecule has 4 rings (SSSR count). The van der Waals surface area contributed by atoms with Gasteiger partial charge < -0.3 is 10.2 Å². The third-order valence-corrected chi connectivity index (χ3v) is 5.01. The Kier molecular flexibility index (Phi) is 4.59. The zero-order valence-corrected chi connectivity index (χ0v) is 13.0. The molecular formula is C18H26N2O. The van der Waals surface area contributed by atoms with Crippen molar-refractivity contribution in [2.75, 3.05) is 19.6 Å². The van der Waals surface area contributed by atoms with Crippen molar-refractivity contribution in [3.63, 3.8) is 0 Å². The summed E-state index contributed by atoms with van der Waals surface area (Å²) in [5.41, 5.74) is 2.13. The number of unbranched alkanes of at least 4 members (excludes halogenated alkanes) is 1. The maximum Gasteiger partial charge on any atom is 0.251 e. The maximum absolute atomic E-state index is 12.4. The van der Waals surface area contributed by atoms with Gasteiger partial charge in [-0.2, -0.15) is 0 Å². The number of aryl methyl sites for hydroxylation is 1. The van der Waals surface area contributed by atoms with Crippen LogP contribution in [0, 0.1) is 5.92 Å². The van der Waals surface area contributed by atoms with Crippen LogP contribution in [-0.2, 0) is 6.42 Å². The lowest BCUT2D eigenvalue weighted by Gasteiger charge is -2.44. The normalized spacial score (nSPS) is 27.6. The SMILES string of the molecule is CCCCc1ccc(C(=O)N[C@@H]2CN3CCC2CC3)cc1. The van der Waals surface area contributed by atoms with Gasteiger partial charge in [0.15, 0.2) is 0 Å². The first kappa shape index (κ1) is 14.6. The predicted molar refractivity (Wildman–Crippen MR) is 85.5 cm³/mol. The number of carbonyl (C=O) groups is 1. The quantitative estimate of drug-likeness (QED) is 0.902. The van der Waals surface area contributed by atoms with Crippen molar-refractivity contribution >= 4 is 5.91 Å². The van der Waals surface area contributed by atoms with Gasteiger partial charge in [0.1, 0.15) is 0 Å². The van der Waals surface area contributed by atoms with Gasteiger partial charge in [-0.15, -0.1) is 0 Å². The Morgan fingerprint density at radius 2 is 1.95 bits per heavy atom. The zero-order chi connectivity index (χ0) is 14.7. The average Bonchev–Trinajstić information content (AvgIpc) is 2.54. The van der Waals surface area contributed by atoms with Crippen LogP contribution in [0.1, 0.15) is 48.5 Å². The van der Waals surface area contributed by atoms with Gasteiger partial charge in [-0.25, -0.2) is 0 Å². The molecule has 0 radical (unpaired) electrons. The summed E-state index contributed by atoms with van der Waals surface area (Å²) < 4.78 is 0. The smallest absolute Gasteiger partial charge is 0.251 e. The van der Waals surface area contributed by atoms with Crippen molar-refractivity contribution in [2.45, 2.75) is 45.1 Å². The molecule has 1 N–H and O–H groups in total. The topological polar surface area (TPSA) is 32.3 Å². The van der Waals surface area contributed by atoms with Crippen molar-refractivity contribution in [1.29, 1.82) is 0 Å². The van der Waals surface area contributed by atoms with E-state index in [2.05, 4.69) is 29.3 Å². The second-order valence-electron chi connectivity index (χ2n) is 6.52. The number of hydrogen-bond donors (Lipinski definition) is 1. The molecule has 3 fully saturated rings. The monoisotopic (exact) mass is 286 g/mol. The minimum atomic E-state index is 0.0933. The standard InChI is InChI=1S/C18H26N2O/c1-2-3-4-14-5-7-16(8-6-14)18(21)19-17-13-20-11-9-15(17)10-12-20/h5-8,15,17H,2-4,9-13H2,1H3,(H,19,21)/t17-/m1/s1. The summed E-state index contributed by atoms with van der Waals surface area (Å²) in [6.07, 6.45) is 6.01. The summed E-state index contributed by atoms with van der Waals surface area (Å²) >= 11 is 0. The fourth-order valence-corrected chi connectivity index (χ4v) is 3.58. The van der Waals surface area contributed by atoms with Gasteiger partial charge in [-0.3, -0.25) is 4.79 Å². The van der Waals surface area contributed by atoms with Crippen molar-refractivity contribution in [3.8, 4) is 0 Å². The van der Waals surface area contributed by atoms with Crippen LogP contribution in [0.15, 0.2) is 24.3 Å². The van der Waals surface area contributed by atoms with E-state index in [0.29, 0.717) is 12.0 Å². The molecule has 114 valence electrons. The van der Waals surface area contributed by atoms with E-state index in [1.54, 1.807) is 0 Å². The first-order valence-corrected chi connectivity index (χ1v) is 8.38. The van der Waals surface area contributed by atoms with Gasteiger partial charge in [-0.1, -0.05) is 25.5 Å². The molecule has 21 heavy (non-hydrogen) atoms. The summed E-state index contributed by atoms with van der Waals surface area (Å²) in [5.74, 6) is 0.776. The van der Waals surface area contributed by atoms with Crippen molar-refractivity contribution in [3.05, 3.63) is 35.4 Å². The zero-order valence-electron chi connectivity index (χ0n) is 13.0. The summed E-state index contributed by atoms with van der Waals surface area (Å²) in [6.45, 7) is 5.66. The molecule has 1 atom stereocenters. The molecule has 3 nitrogen and oxygen atoms in total. The van der Waals surface area contributed by atoms with E-state index in [9.17, 15) is 4.79 Å². The number of amides is 1. The lowest BCUT2D eigenvalue weighted by Crippen LogP contribution is -2.57. The number of fused-ring (bicyclic) bond motifs is 3. The second kappa shape index (κ2) is 6.61. The summed E-state index contributed by atoms with van der Waals surface area (Å²) in [7, 11) is 0. The first-order valence-electron chi connectivity index (χ1n) is 8.38. The van der Waals surface area contributed by atoms with Gasteiger partial charge in [0, 0.05) is 18.2 Å². The molecule has 0 aromatic heterocycles. The Morgan fingerprint density at radius 3 is 2.52 bits per heavy atom. The van der Waals surface area contributed by atoms with Gasteiger partial charge in [0.2, 0.25) is 0 Å². The number of carbonyl (C=O) groups excluding carboxylic acids is 1. The number of hydrogen-bond acceptors (Lipinski definition) is 2. The molecule has 0 saturated carbocycles. The average molecular weight is 286 g/mol. The van der Waals surface area contributed by atoms with E-state index in [1.807, 2.05) is 12.1 Å². The van der Waals surface area contributed by atoms with E-state index in [4.69, 9.17) is 0 Å². The highest BCUT2D eigenvalue weighted by molar-refractivity contribution is 5.94.